The molecule has 0 saturated carbocycles. The van der Waals surface area contributed by atoms with Crippen LogP contribution in [0.2, 0.25) is 0 Å². The third kappa shape index (κ3) is 3.53. The normalized spacial score (nSPS) is 17.6. The van der Waals surface area contributed by atoms with E-state index in [9.17, 15) is 4.79 Å². The van der Waals surface area contributed by atoms with Crippen LogP contribution >= 0.6 is 27.3 Å². The molecule has 2 heterocycles. The first kappa shape index (κ1) is 16.5. The molecule has 1 atom stereocenters. The number of likely N-dealkylation sites (tertiary alicyclic amines) is 1. The Bertz CT molecular complexity index is 899. The Hall–Kier alpha value is -1.98. The first-order valence-electron chi connectivity index (χ1n) is 8.30. The number of fused-ring (bicyclic) bond motifs is 1. The molecular weight excluding hydrogens is 396 g/mol. The highest BCUT2D eigenvalue weighted by molar-refractivity contribution is 9.10. The van der Waals surface area contributed by atoms with Gasteiger partial charge in [-0.3, -0.25) is 4.79 Å². The van der Waals surface area contributed by atoms with Crippen molar-refractivity contribution in [3.05, 3.63) is 69.7 Å². The van der Waals surface area contributed by atoms with E-state index in [0.717, 1.165) is 39.9 Å². The first-order valence-corrected chi connectivity index (χ1v) is 9.91. The van der Waals surface area contributed by atoms with Gasteiger partial charge < -0.3 is 4.90 Å². The molecule has 1 unspecified atom stereocenters. The number of rotatable bonds is 3. The molecule has 1 aliphatic heterocycles. The molecule has 5 heteroatoms. The maximum atomic E-state index is 12.7. The van der Waals surface area contributed by atoms with Crippen molar-refractivity contribution in [1.29, 1.82) is 0 Å². The summed E-state index contributed by atoms with van der Waals surface area (Å²) < 4.78 is 2.22. The van der Waals surface area contributed by atoms with E-state index < -0.39 is 0 Å². The van der Waals surface area contributed by atoms with Crippen LogP contribution in [0, 0.1) is 0 Å². The summed E-state index contributed by atoms with van der Waals surface area (Å²) in [5.74, 6) is 0.0599. The maximum absolute atomic E-state index is 12.7. The fraction of sp³-hybridized carbons (Fsp3) is 0.200. The van der Waals surface area contributed by atoms with Crippen LogP contribution < -0.4 is 0 Å². The predicted octanol–water partition coefficient (Wildman–Crippen LogP) is 5.44. The Balaban J connectivity index is 1.54. The van der Waals surface area contributed by atoms with E-state index in [4.69, 9.17) is 4.98 Å². The standard InChI is InChI=1S/C20H17BrN2OS/c21-15-10-7-14(8-11-15)9-12-19(24)23-13-3-5-17(23)20-22-16-4-1-2-6-18(16)25-20/h1-2,4,6-12,17H,3,5,13H2/b12-9+. The largest absolute Gasteiger partial charge is 0.330 e. The van der Waals surface area contributed by atoms with Gasteiger partial charge in [-0.05, 0) is 48.7 Å². The van der Waals surface area contributed by atoms with E-state index in [2.05, 4.69) is 22.0 Å². The van der Waals surface area contributed by atoms with Gasteiger partial charge in [-0.2, -0.15) is 0 Å². The van der Waals surface area contributed by atoms with Gasteiger partial charge in [0, 0.05) is 17.1 Å². The Labute approximate surface area is 159 Å². The van der Waals surface area contributed by atoms with Gasteiger partial charge in [-0.25, -0.2) is 4.98 Å². The number of carbonyl (C=O) groups excluding carboxylic acids is 1. The number of hydrogen-bond acceptors (Lipinski definition) is 3. The van der Waals surface area contributed by atoms with Gasteiger partial charge in [0.15, 0.2) is 0 Å². The number of hydrogen-bond donors (Lipinski definition) is 0. The fourth-order valence-corrected chi connectivity index (χ4v) is 4.54. The van der Waals surface area contributed by atoms with E-state index in [-0.39, 0.29) is 11.9 Å². The number of carbonyl (C=O) groups is 1. The average molecular weight is 413 g/mol. The molecule has 0 N–H and O–H groups in total. The van der Waals surface area contributed by atoms with Crippen LogP contribution in [-0.4, -0.2) is 22.3 Å². The molecule has 3 nitrogen and oxygen atoms in total. The molecular formula is C20H17BrN2OS. The molecule has 0 spiro atoms. The SMILES string of the molecule is O=C(/C=C/c1ccc(Br)cc1)N1CCCC1c1nc2ccccc2s1. The lowest BCUT2D eigenvalue weighted by atomic mass is 10.2. The third-order valence-electron chi connectivity index (χ3n) is 4.42. The highest BCUT2D eigenvalue weighted by Crippen LogP contribution is 2.36. The van der Waals surface area contributed by atoms with Gasteiger partial charge in [0.05, 0.1) is 16.3 Å². The van der Waals surface area contributed by atoms with Crippen molar-refractivity contribution < 1.29 is 4.79 Å². The smallest absolute Gasteiger partial charge is 0.247 e. The summed E-state index contributed by atoms with van der Waals surface area (Å²) in [6.07, 6.45) is 5.56. The van der Waals surface area contributed by atoms with E-state index in [1.807, 2.05) is 53.4 Å². The lowest BCUT2D eigenvalue weighted by Gasteiger charge is -2.21. The molecule has 0 bridgehead atoms. The molecule has 25 heavy (non-hydrogen) atoms. The van der Waals surface area contributed by atoms with Crippen molar-refractivity contribution in [3.8, 4) is 0 Å². The van der Waals surface area contributed by atoms with Crippen LogP contribution in [0.3, 0.4) is 0 Å². The minimum atomic E-state index is 0.0599. The molecule has 1 aliphatic rings. The molecule has 4 rings (SSSR count). The van der Waals surface area contributed by atoms with Gasteiger partial charge in [0.2, 0.25) is 5.91 Å². The Morgan fingerprint density at radius 2 is 2.00 bits per heavy atom. The van der Waals surface area contributed by atoms with Crippen molar-refractivity contribution in [1.82, 2.24) is 9.88 Å². The number of thiazole rings is 1. The lowest BCUT2D eigenvalue weighted by molar-refractivity contribution is -0.126. The number of halogens is 1. The van der Waals surface area contributed by atoms with Crippen molar-refractivity contribution >= 4 is 49.5 Å². The Kier molecular flexibility index (Phi) is 4.68. The molecule has 2 aromatic carbocycles. The maximum Gasteiger partial charge on any atom is 0.247 e. The summed E-state index contributed by atoms with van der Waals surface area (Å²) in [4.78, 5) is 19.4. The summed E-state index contributed by atoms with van der Waals surface area (Å²) in [6, 6.07) is 16.2. The zero-order valence-electron chi connectivity index (χ0n) is 13.6. The van der Waals surface area contributed by atoms with Gasteiger partial charge >= 0.3 is 0 Å². The van der Waals surface area contributed by atoms with Crippen LogP contribution in [0.15, 0.2) is 59.1 Å². The van der Waals surface area contributed by atoms with Crippen LogP contribution in [0.4, 0.5) is 0 Å². The minimum Gasteiger partial charge on any atom is -0.330 e. The van der Waals surface area contributed by atoms with Crippen molar-refractivity contribution in [2.75, 3.05) is 6.54 Å². The summed E-state index contributed by atoms with van der Waals surface area (Å²) in [7, 11) is 0. The summed E-state index contributed by atoms with van der Waals surface area (Å²) in [6.45, 7) is 0.796. The Morgan fingerprint density at radius 1 is 1.20 bits per heavy atom. The number of para-hydroxylation sites is 1. The second-order valence-corrected chi connectivity index (χ2v) is 8.07. The summed E-state index contributed by atoms with van der Waals surface area (Å²) >= 11 is 5.12. The number of aromatic nitrogens is 1. The topological polar surface area (TPSA) is 33.2 Å². The monoisotopic (exact) mass is 412 g/mol. The van der Waals surface area contributed by atoms with Gasteiger partial charge in [0.1, 0.15) is 5.01 Å². The zero-order chi connectivity index (χ0) is 17.2. The van der Waals surface area contributed by atoms with Crippen LogP contribution in [0.1, 0.15) is 29.5 Å². The van der Waals surface area contributed by atoms with Crippen molar-refractivity contribution in [2.24, 2.45) is 0 Å². The fourth-order valence-electron chi connectivity index (χ4n) is 3.16. The van der Waals surface area contributed by atoms with Gasteiger partial charge in [0.25, 0.3) is 0 Å². The molecule has 0 radical (unpaired) electrons. The van der Waals surface area contributed by atoms with Crippen molar-refractivity contribution in [2.45, 2.75) is 18.9 Å². The highest BCUT2D eigenvalue weighted by atomic mass is 79.9. The second-order valence-electron chi connectivity index (χ2n) is 6.09. The average Bonchev–Trinajstić information content (AvgIpc) is 3.27. The molecule has 3 aromatic rings. The van der Waals surface area contributed by atoms with Gasteiger partial charge in [-0.1, -0.05) is 40.2 Å². The van der Waals surface area contributed by atoms with Crippen molar-refractivity contribution in [3.63, 3.8) is 0 Å². The Morgan fingerprint density at radius 3 is 2.80 bits per heavy atom. The summed E-state index contributed by atoms with van der Waals surface area (Å²) in [5.41, 5.74) is 2.04. The molecule has 126 valence electrons. The van der Waals surface area contributed by atoms with Crippen LogP contribution in [-0.2, 0) is 4.79 Å². The van der Waals surface area contributed by atoms with Crippen LogP contribution in [0.25, 0.3) is 16.3 Å². The van der Waals surface area contributed by atoms with Gasteiger partial charge in [-0.15, -0.1) is 11.3 Å². The van der Waals surface area contributed by atoms with E-state index in [0.29, 0.717) is 0 Å². The van der Waals surface area contributed by atoms with E-state index in [1.54, 1.807) is 17.4 Å². The molecule has 1 amide bonds. The predicted molar refractivity (Wildman–Crippen MR) is 106 cm³/mol. The van der Waals surface area contributed by atoms with Crippen LogP contribution in [0.5, 0.6) is 0 Å². The number of nitrogens with zero attached hydrogens (tertiary/aromatic N) is 2. The minimum absolute atomic E-state index is 0.0599. The third-order valence-corrected chi connectivity index (χ3v) is 6.09. The zero-order valence-corrected chi connectivity index (χ0v) is 16.0. The lowest BCUT2D eigenvalue weighted by Crippen LogP contribution is -2.28. The molecule has 1 saturated heterocycles. The summed E-state index contributed by atoms with van der Waals surface area (Å²) in [5, 5.41) is 1.05. The molecule has 0 aliphatic carbocycles. The molecule has 1 fully saturated rings. The van der Waals surface area contributed by atoms with E-state index in [1.165, 1.54) is 4.70 Å². The van der Waals surface area contributed by atoms with E-state index >= 15 is 0 Å². The molecule has 1 aromatic heterocycles. The quantitative estimate of drug-likeness (QED) is 0.536. The highest BCUT2D eigenvalue weighted by Gasteiger charge is 2.31. The first-order chi connectivity index (χ1) is 12.2. The number of amides is 1. The number of benzene rings is 2. The second kappa shape index (κ2) is 7.10.